The summed E-state index contributed by atoms with van der Waals surface area (Å²) in [6, 6.07) is 41.0. The maximum absolute atomic E-state index is 13.1. The molecule has 0 saturated carbocycles. The summed E-state index contributed by atoms with van der Waals surface area (Å²) >= 11 is 0. The zero-order valence-electron chi connectivity index (χ0n) is 26.7. The first kappa shape index (κ1) is 32.8. The highest BCUT2D eigenvalue weighted by atomic mass is 16.5. The normalized spacial score (nSPS) is 11.3. The summed E-state index contributed by atoms with van der Waals surface area (Å²) in [7, 11) is 1.55. The van der Waals surface area contributed by atoms with Crippen molar-refractivity contribution in [2.24, 2.45) is 0 Å². The minimum Gasteiger partial charge on any atom is -0.493 e. The highest BCUT2D eigenvalue weighted by molar-refractivity contribution is 5.99. The van der Waals surface area contributed by atoms with Crippen LogP contribution in [0.4, 0.5) is 0 Å². The summed E-state index contributed by atoms with van der Waals surface area (Å²) in [5, 5.41) is 0. The molecule has 0 atom stereocenters. The van der Waals surface area contributed by atoms with Gasteiger partial charge in [-0.2, -0.15) is 0 Å². The van der Waals surface area contributed by atoms with E-state index in [4.69, 9.17) is 18.9 Å². The van der Waals surface area contributed by atoms with E-state index in [1.165, 1.54) is 5.57 Å². The van der Waals surface area contributed by atoms with Crippen LogP contribution < -0.4 is 18.9 Å². The average molecular weight is 627 g/mol. The Morgan fingerprint density at radius 1 is 0.638 bits per heavy atom. The van der Waals surface area contributed by atoms with Gasteiger partial charge in [0.2, 0.25) is 0 Å². The number of ether oxygens (including phenoxy) is 4. The monoisotopic (exact) mass is 626 g/mol. The van der Waals surface area contributed by atoms with Gasteiger partial charge in [-0.25, -0.2) is 0 Å². The van der Waals surface area contributed by atoms with Crippen LogP contribution in [0.15, 0.2) is 127 Å². The molecule has 0 bridgehead atoms. The summed E-state index contributed by atoms with van der Waals surface area (Å²) in [4.78, 5) is 23.9. The lowest BCUT2D eigenvalue weighted by Gasteiger charge is -2.18. The van der Waals surface area contributed by atoms with E-state index < -0.39 is 0 Å². The molecule has 0 fully saturated rings. The SMILES string of the molecule is CCC/C(=C(/c1ccc(OCC=O)cc1)c1ccc(OCC(=O)c2ccc(OCc3ccccc3)c(OC)c2)cc1)c1ccccc1. The van der Waals surface area contributed by atoms with Crippen LogP contribution in [0.2, 0.25) is 0 Å². The number of carbonyl (C=O) groups excluding carboxylic acids is 2. The number of aldehydes is 1. The van der Waals surface area contributed by atoms with Crippen molar-refractivity contribution in [2.75, 3.05) is 20.3 Å². The molecule has 0 heterocycles. The van der Waals surface area contributed by atoms with Crippen LogP contribution >= 0.6 is 0 Å². The largest absolute Gasteiger partial charge is 0.493 e. The lowest BCUT2D eigenvalue weighted by Crippen LogP contribution is -2.12. The van der Waals surface area contributed by atoms with Gasteiger partial charge in [0.15, 0.2) is 30.2 Å². The maximum atomic E-state index is 13.1. The summed E-state index contributed by atoms with van der Waals surface area (Å²) < 4.78 is 22.9. The third-order valence-corrected chi connectivity index (χ3v) is 7.62. The number of ketones is 1. The van der Waals surface area contributed by atoms with Gasteiger partial charge in [-0.15, -0.1) is 0 Å². The molecule has 0 unspecified atom stereocenters. The number of allylic oxidation sites excluding steroid dienone is 1. The molecular weight excluding hydrogens is 588 g/mol. The fourth-order valence-electron chi connectivity index (χ4n) is 5.31. The summed E-state index contributed by atoms with van der Waals surface area (Å²) in [5.74, 6) is 2.10. The van der Waals surface area contributed by atoms with Gasteiger partial charge in [0.25, 0.3) is 0 Å². The number of benzene rings is 5. The lowest BCUT2D eigenvalue weighted by molar-refractivity contribution is -0.109. The Labute approximate surface area is 276 Å². The van der Waals surface area contributed by atoms with E-state index in [2.05, 4.69) is 19.1 Å². The van der Waals surface area contributed by atoms with Crippen molar-refractivity contribution >= 4 is 23.2 Å². The molecule has 238 valence electrons. The lowest BCUT2D eigenvalue weighted by atomic mass is 9.87. The molecule has 0 saturated heterocycles. The van der Waals surface area contributed by atoms with E-state index in [0.717, 1.165) is 47.0 Å². The predicted molar refractivity (Wildman–Crippen MR) is 185 cm³/mol. The van der Waals surface area contributed by atoms with Gasteiger partial charge in [-0.1, -0.05) is 98.3 Å². The second kappa shape index (κ2) is 16.6. The Bertz CT molecular complexity index is 1780. The molecule has 6 nitrogen and oxygen atoms in total. The highest BCUT2D eigenvalue weighted by Crippen LogP contribution is 2.36. The fraction of sp³-hybridized carbons (Fsp3) is 0.171. The third kappa shape index (κ3) is 8.76. The predicted octanol–water partition coefficient (Wildman–Crippen LogP) is 8.87. The standard InChI is InChI=1S/C41H38O6/c1-3-10-37(31-13-8-5-9-14-31)41(32-15-20-35(21-16-32)45-26-25-42)33-17-22-36(23-18-33)46-29-38(43)34-19-24-39(40(27-34)44-2)47-28-30-11-6-4-7-12-30/h4-9,11-25,27H,3,10,26,28-29H2,1-2H3/b41-37+. The van der Waals surface area contributed by atoms with Crippen molar-refractivity contribution in [1.29, 1.82) is 0 Å². The van der Waals surface area contributed by atoms with Crippen molar-refractivity contribution in [3.05, 3.63) is 155 Å². The molecule has 0 aromatic heterocycles. The Morgan fingerprint density at radius 3 is 1.83 bits per heavy atom. The highest BCUT2D eigenvalue weighted by Gasteiger charge is 2.16. The van der Waals surface area contributed by atoms with Crippen LogP contribution in [0, 0.1) is 0 Å². The van der Waals surface area contributed by atoms with E-state index in [1.807, 2.05) is 97.1 Å². The number of methoxy groups -OCH3 is 1. The first-order valence-corrected chi connectivity index (χ1v) is 15.7. The van der Waals surface area contributed by atoms with Gasteiger partial charge in [-0.3, -0.25) is 9.59 Å². The topological polar surface area (TPSA) is 71.1 Å². The zero-order chi connectivity index (χ0) is 32.8. The fourth-order valence-corrected chi connectivity index (χ4v) is 5.31. The van der Waals surface area contributed by atoms with Crippen LogP contribution in [-0.4, -0.2) is 32.4 Å². The molecule has 5 aromatic carbocycles. The Kier molecular flexibility index (Phi) is 11.6. The van der Waals surface area contributed by atoms with Crippen LogP contribution in [0.25, 0.3) is 11.1 Å². The van der Waals surface area contributed by atoms with Crippen molar-refractivity contribution < 1.29 is 28.5 Å². The molecule has 0 aliphatic carbocycles. The van der Waals surface area contributed by atoms with Gasteiger partial charge in [0, 0.05) is 5.56 Å². The quantitative estimate of drug-likeness (QED) is 0.0619. The van der Waals surface area contributed by atoms with Crippen molar-refractivity contribution in [3.8, 4) is 23.0 Å². The Hall–Kier alpha value is -5.62. The van der Waals surface area contributed by atoms with Gasteiger partial charge in [0.05, 0.1) is 7.11 Å². The van der Waals surface area contributed by atoms with Crippen LogP contribution in [0.5, 0.6) is 23.0 Å². The molecule has 0 radical (unpaired) electrons. The molecule has 0 spiro atoms. The maximum Gasteiger partial charge on any atom is 0.200 e. The Morgan fingerprint density at radius 2 is 1.23 bits per heavy atom. The third-order valence-electron chi connectivity index (χ3n) is 7.62. The second-order valence-corrected chi connectivity index (χ2v) is 10.8. The van der Waals surface area contributed by atoms with Gasteiger partial charge >= 0.3 is 0 Å². The average Bonchev–Trinajstić information content (AvgIpc) is 3.13. The van der Waals surface area contributed by atoms with Crippen LogP contribution in [0.1, 0.15) is 52.4 Å². The molecule has 6 heteroatoms. The molecule has 0 aliphatic rings. The molecule has 47 heavy (non-hydrogen) atoms. The molecule has 0 aliphatic heterocycles. The second-order valence-electron chi connectivity index (χ2n) is 10.8. The molecule has 5 rings (SSSR count). The summed E-state index contributed by atoms with van der Waals surface area (Å²) in [5.41, 5.74) is 7.05. The molecular formula is C41H38O6. The first-order chi connectivity index (χ1) is 23.1. The number of hydrogen-bond donors (Lipinski definition) is 0. The molecule has 0 amide bonds. The van der Waals surface area contributed by atoms with Gasteiger partial charge in [0.1, 0.15) is 24.7 Å². The van der Waals surface area contributed by atoms with Crippen molar-refractivity contribution in [1.82, 2.24) is 0 Å². The van der Waals surface area contributed by atoms with E-state index in [9.17, 15) is 9.59 Å². The minimum atomic E-state index is -0.172. The number of Topliss-reactive ketones (excluding diaryl/α,β-unsaturated/α-hetero) is 1. The minimum absolute atomic E-state index is 0.0130. The van der Waals surface area contributed by atoms with Crippen LogP contribution in [-0.2, 0) is 11.4 Å². The van der Waals surface area contributed by atoms with Crippen molar-refractivity contribution in [2.45, 2.75) is 26.4 Å². The number of rotatable bonds is 16. The van der Waals surface area contributed by atoms with E-state index >= 15 is 0 Å². The molecule has 5 aromatic rings. The van der Waals surface area contributed by atoms with E-state index in [0.29, 0.717) is 35.2 Å². The van der Waals surface area contributed by atoms with Crippen molar-refractivity contribution in [3.63, 3.8) is 0 Å². The van der Waals surface area contributed by atoms with Gasteiger partial charge < -0.3 is 18.9 Å². The number of carbonyl (C=O) groups is 2. The Balaban J connectivity index is 1.33. The zero-order valence-corrected chi connectivity index (χ0v) is 26.7. The summed E-state index contributed by atoms with van der Waals surface area (Å²) in [6.07, 6.45) is 2.60. The van der Waals surface area contributed by atoms with E-state index in [1.54, 1.807) is 25.3 Å². The number of hydrogen-bond acceptors (Lipinski definition) is 6. The smallest absolute Gasteiger partial charge is 0.200 e. The van der Waals surface area contributed by atoms with E-state index in [-0.39, 0.29) is 19.0 Å². The first-order valence-electron chi connectivity index (χ1n) is 15.7. The van der Waals surface area contributed by atoms with Crippen LogP contribution in [0.3, 0.4) is 0 Å². The molecule has 0 N–H and O–H groups in total. The summed E-state index contributed by atoms with van der Waals surface area (Å²) in [6.45, 7) is 2.46. The van der Waals surface area contributed by atoms with Gasteiger partial charge in [-0.05, 0) is 82.3 Å².